The second-order valence-electron chi connectivity index (χ2n) is 6.80. The monoisotopic (exact) mass is 278 g/mol. The van der Waals surface area contributed by atoms with E-state index in [1.165, 1.54) is 39.2 Å². The highest BCUT2D eigenvalue weighted by Crippen LogP contribution is 2.51. The van der Waals surface area contributed by atoms with Gasteiger partial charge >= 0.3 is 5.97 Å². The van der Waals surface area contributed by atoms with Crippen LogP contribution < -0.4 is 0 Å². The summed E-state index contributed by atoms with van der Waals surface area (Å²) < 4.78 is 11.4. The molecule has 1 heterocycles. The average molecular weight is 278 g/mol. The lowest BCUT2D eigenvalue weighted by molar-refractivity contribution is -0.181. The second-order valence-corrected chi connectivity index (χ2v) is 6.80. The van der Waals surface area contributed by atoms with Crippen molar-refractivity contribution in [2.45, 2.75) is 70.0 Å². The van der Waals surface area contributed by atoms with Crippen molar-refractivity contribution < 1.29 is 14.3 Å². The van der Waals surface area contributed by atoms with Crippen molar-refractivity contribution in [3.05, 3.63) is 11.6 Å². The Labute approximate surface area is 121 Å². The zero-order valence-electron chi connectivity index (χ0n) is 12.7. The highest BCUT2D eigenvalue weighted by atomic mass is 16.5. The van der Waals surface area contributed by atoms with E-state index in [2.05, 4.69) is 13.0 Å². The molecule has 0 spiro atoms. The van der Waals surface area contributed by atoms with Gasteiger partial charge in [0.05, 0.1) is 25.2 Å². The topological polar surface area (TPSA) is 35.5 Å². The fraction of sp³-hybridized carbons (Fsp3) is 0.824. The number of hydrogen-bond acceptors (Lipinski definition) is 3. The Bertz CT molecular complexity index is 414. The second kappa shape index (κ2) is 5.51. The summed E-state index contributed by atoms with van der Waals surface area (Å²) in [6.07, 6.45) is 11.7. The summed E-state index contributed by atoms with van der Waals surface area (Å²) in [5.41, 5.74) is 1.23. The van der Waals surface area contributed by atoms with E-state index >= 15 is 0 Å². The molecule has 0 bridgehead atoms. The first-order chi connectivity index (χ1) is 9.64. The van der Waals surface area contributed by atoms with Crippen molar-refractivity contribution in [3.8, 4) is 0 Å². The zero-order valence-corrected chi connectivity index (χ0v) is 12.7. The molecule has 0 amide bonds. The van der Waals surface area contributed by atoms with Gasteiger partial charge in [0.1, 0.15) is 0 Å². The van der Waals surface area contributed by atoms with E-state index in [1.54, 1.807) is 5.57 Å². The van der Waals surface area contributed by atoms with Crippen molar-refractivity contribution >= 4 is 5.97 Å². The van der Waals surface area contributed by atoms with Gasteiger partial charge in [-0.05, 0) is 39.0 Å². The van der Waals surface area contributed by atoms with Crippen LogP contribution in [0.15, 0.2) is 11.6 Å². The third kappa shape index (κ3) is 2.41. The van der Waals surface area contributed by atoms with E-state index in [4.69, 9.17) is 9.47 Å². The predicted molar refractivity (Wildman–Crippen MR) is 77.3 cm³/mol. The van der Waals surface area contributed by atoms with Gasteiger partial charge < -0.3 is 9.47 Å². The third-order valence-corrected chi connectivity index (χ3v) is 5.49. The molecule has 2 fully saturated rings. The summed E-state index contributed by atoms with van der Waals surface area (Å²) in [6, 6.07) is 0. The maximum Gasteiger partial charge on any atom is 0.308 e. The third-order valence-electron chi connectivity index (χ3n) is 5.49. The number of methoxy groups -OCH3 is 1. The fourth-order valence-corrected chi connectivity index (χ4v) is 4.54. The van der Waals surface area contributed by atoms with Gasteiger partial charge in [-0.1, -0.05) is 24.5 Å². The van der Waals surface area contributed by atoms with E-state index in [0.29, 0.717) is 24.4 Å². The zero-order chi connectivity index (χ0) is 14.2. The highest BCUT2D eigenvalue weighted by molar-refractivity contribution is 5.70. The molecule has 4 atom stereocenters. The van der Waals surface area contributed by atoms with Crippen LogP contribution in [0.1, 0.15) is 58.3 Å². The Morgan fingerprint density at radius 3 is 2.95 bits per heavy atom. The molecule has 1 saturated carbocycles. The van der Waals surface area contributed by atoms with Crippen LogP contribution >= 0.6 is 0 Å². The van der Waals surface area contributed by atoms with Gasteiger partial charge in [-0.3, -0.25) is 4.79 Å². The Balaban J connectivity index is 1.89. The summed E-state index contributed by atoms with van der Waals surface area (Å²) in [5.74, 6) is 0.876. The smallest absolute Gasteiger partial charge is 0.308 e. The van der Waals surface area contributed by atoms with E-state index in [1.807, 2.05) is 0 Å². The SMILES string of the molecule is COC(=O)C[C@@]1(C)O[C@H]2CCCC[C@H]2C2=CCCC[C@@H]21. The van der Waals surface area contributed by atoms with Crippen LogP contribution in [0.3, 0.4) is 0 Å². The standard InChI is InChI=1S/C17H26O3/c1-17(11-16(18)19-2)14-9-5-3-7-12(14)13-8-4-6-10-15(13)20-17/h7,13-15H,3-6,8-11H2,1-2H3/t13-,14-,15-,17+/m0/s1. The van der Waals surface area contributed by atoms with Gasteiger partial charge in [0.2, 0.25) is 0 Å². The first-order valence-corrected chi connectivity index (χ1v) is 8.08. The summed E-state index contributed by atoms with van der Waals surface area (Å²) in [5, 5.41) is 0. The lowest BCUT2D eigenvalue weighted by atomic mass is 9.64. The molecule has 3 rings (SSSR count). The molecule has 3 aliphatic rings. The summed E-state index contributed by atoms with van der Waals surface area (Å²) in [4.78, 5) is 11.8. The van der Waals surface area contributed by atoms with E-state index < -0.39 is 0 Å². The summed E-state index contributed by atoms with van der Waals surface area (Å²) >= 11 is 0. The molecule has 112 valence electrons. The Hall–Kier alpha value is -0.830. The van der Waals surface area contributed by atoms with Crippen molar-refractivity contribution in [1.29, 1.82) is 0 Å². The Morgan fingerprint density at radius 1 is 1.35 bits per heavy atom. The van der Waals surface area contributed by atoms with E-state index in [0.717, 1.165) is 12.8 Å². The molecule has 0 aromatic heterocycles. The molecule has 1 aliphatic heterocycles. The van der Waals surface area contributed by atoms with Gasteiger partial charge in [-0.2, -0.15) is 0 Å². The molecule has 0 radical (unpaired) electrons. The molecule has 0 N–H and O–H groups in total. The van der Waals surface area contributed by atoms with Crippen molar-refractivity contribution in [3.63, 3.8) is 0 Å². The summed E-state index contributed by atoms with van der Waals surface area (Å²) in [7, 11) is 1.47. The van der Waals surface area contributed by atoms with Crippen LogP contribution in [0.5, 0.6) is 0 Å². The van der Waals surface area contributed by atoms with Gasteiger partial charge in [-0.15, -0.1) is 0 Å². The van der Waals surface area contributed by atoms with Gasteiger partial charge in [0, 0.05) is 11.8 Å². The lowest BCUT2D eigenvalue weighted by Crippen LogP contribution is -2.53. The number of hydrogen-bond donors (Lipinski definition) is 0. The van der Waals surface area contributed by atoms with Gasteiger partial charge in [-0.25, -0.2) is 0 Å². The maximum absolute atomic E-state index is 11.8. The minimum Gasteiger partial charge on any atom is -0.469 e. The largest absolute Gasteiger partial charge is 0.469 e. The van der Waals surface area contributed by atoms with Crippen LogP contribution in [0.2, 0.25) is 0 Å². The van der Waals surface area contributed by atoms with Crippen molar-refractivity contribution in [2.75, 3.05) is 7.11 Å². The fourth-order valence-electron chi connectivity index (χ4n) is 4.54. The Morgan fingerprint density at radius 2 is 2.15 bits per heavy atom. The number of fused-ring (bicyclic) bond motifs is 3. The number of carbonyl (C=O) groups is 1. The Kier molecular flexibility index (Phi) is 3.89. The first-order valence-electron chi connectivity index (χ1n) is 8.08. The molecular weight excluding hydrogens is 252 g/mol. The lowest BCUT2D eigenvalue weighted by Gasteiger charge is -2.52. The van der Waals surface area contributed by atoms with Crippen LogP contribution in [-0.4, -0.2) is 24.8 Å². The molecule has 20 heavy (non-hydrogen) atoms. The molecule has 0 unspecified atom stereocenters. The molecule has 0 aromatic carbocycles. The van der Waals surface area contributed by atoms with Crippen LogP contribution in [-0.2, 0) is 14.3 Å². The van der Waals surface area contributed by atoms with Gasteiger partial charge in [0.15, 0.2) is 0 Å². The number of allylic oxidation sites excluding steroid dienone is 1. The van der Waals surface area contributed by atoms with Crippen LogP contribution in [0, 0.1) is 11.8 Å². The first kappa shape index (κ1) is 14.1. The molecule has 3 heteroatoms. The predicted octanol–water partition coefficient (Wildman–Crippen LogP) is 3.62. The van der Waals surface area contributed by atoms with E-state index in [9.17, 15) is 4.79 Å². The van der Waals surface area contributed by atoms with Crippen molar-refractivity contribution in [1.82, 2.24) is 0 Å². The number of rotatable bonds is 2. The minimum absolute atomic E-state index is 0.147. The highest BCUT2D eigenvalue weighted by Gasteiger charge is 2.50. The molecule has 1 saturated heterocycles. The van der Waals surface area contributed by atoms with Gasteiger partial charge in [0.25, 0.3) is 0 Å². The van der Waals surface area contributed by atoms with Crippen molar-refractivity contribution in [2.24, 2.45) is 11.8 Å². The average Bonchev–Trinajstić information content (AvgIpc) is 2.47. The molecular formula is C17H26O3. The molecule has 3 nitrogen and oxygen atoms in total. The molecule has 0 aromatic rings. The van der Waals surface area contributed by atoms with Crippen LogP contribution in [0.25, 0.3) is 0 Å². The quantitative estimate of drug-likeness (QED) is 0.571. The number of esters is 1. The van der Waals surface area contributed by atoms with E-state index in [-0.39, 0.29) is 11.6 Å². The number of ether oxygens (including phenoxy) is 2. The maximum atomic E-state index is 11.8. The van der Waals surface area contributed by atoms with Crippen LogP contribution in [0.4, 0.5) is 0 Å². The molecule has 2 aliphatic carbocycles. The normalized spacial score (nSPS) is 40.3. The number of carbonyl (C=O) groups excluding carboxylic acids is 1. The summed E-state index contributed by atoms with van der Waals surface area (Å²) in [6.45, 7) is 2.12. The minimum atomic E-state index is -0.363.